The summed E-state index contributed by atoms with van der Waals surface area (Å²) in [5, 5.41) is 3.04. The van der Waals surface area contributed by atoms with Crippen molar-refractivity contribution in [1.82, 2.24) is 15.2 Å². The van der Waals surface area contributed by atoms with Gasteiger partial charge in [-0.15, -0.1) is 0 Å². The standard InChI is InChI=1S/C26H26ClF2N3O2/c27-23-14-20(6-9-24(23)28)25(33)32-12-10-26(29,11-13-32)18-30-15-21-7-8-22(16-31-21)34-17-19-4-2-1-3-5-19/h1-9,14,16,30H,10-13,15,17-18H2. The molecule has 0 spiro atoms. The van der Waals surface area contributed by atoms with E-state index in [0.717, 1.165) is 11.3 Å². The summed E-state index contributed by atoms with van der Waals surface area (Å²) in [6, 6.07) is 17.5. The third-order valence-electron chi connectivity index (χ3n) is 5.91. The van der Waals surface area contributed by atoms with E-state index in [0.29, 0.717) is 24.5 Å². The lowest BCUT2D eigenvalue weighted by atomic mass is 9.92. The van der Waals surface area contributed by atoms with Crippen LogP contribution >= 0.6 is 11.6 Å². The van der Waals surface area contributed by atoms with Crippen LogP contribution in [0.15, 0.2) is 66.9 Å². The van der Waals surface area contributed by atoms with E-state index in [9.17, 15) is 9.18 Å². The van der Waals surface area contributed by atoms with Crippen LogP contribution in [0.5, 0.6) is 5.75 Å². The normalized spacial score (nSPS) is 15.2. The Morgan fingerprint density at radius 3 is 2.56 bits per heavy atom. The summed E-state index contributed by atoms with van der Waals surface area (Å²) in [5.41, 5.74) is 0.765. The maximum absolute atomic E-state index is 15.2. The molecule has 1 saturated heterocycles. The fourth-order valence-electron chi connectivity index (χ4n) is 3.86. The highest BCUT2D eigenvalue weighted by Gasteiger charge is 2.36. The summed E-state index contributed by atoms with van der Waals surface area (Å²) < 4.78 is 34.3. The van der Waals surface area contributed by atoms with Crippen LogP contribution in [0.2, 0.25) is 5.02 Å². The number of aromatic nitrogens is 1. The van der Waals surface area contributed by atoms with Crippen molar-refractivity contribution in [3.8, 4) is 5.75 Å². The molecule has 1 N–H and O–H groups in total. The minimum absolute atomic E-state index is 0.101. The first-order valence-corrected chi connectivity index (χ1v) is 11.6. The number of hydrogen-bond acceptors (Lipinski definition) is 4. The van der Waals surface area contributed by atoms with Gasteiger partial charge in [0.05, 0.1) is 16.9 Å². The zero-order chi connectivity index (χ0) is 24.0. The van der Waals surface area contributed by atoms with E-state index in [1.807, 2.05) is 42.5 Å². The second kappa shape index (κ2) is 10.9. The zero-order valence-corrected chi connectivity index (χ0v) is 19.4. The van der Waals surface area contributed by atoms with Crippen LogP contribution in [-0.2, 0) is 13.2 Å². The van der Waals surface area contributed by atoms with Gasteiger partial charge in [0.1, 0.15) is 23.8 Å². The fourth-order valence-corrected chi connectivity index (χ4v) is 4.04. The smallest absolute Gasteiger partial charge is 0.253 e. The Bertz CT molecular complexity index is 1100. The molecule has 0 aliphatic carbocycles. The number of nitrogens with one attached hydrogen (secondary N) is 1. The molecule has 2 heterocycles. The minimum atomic E-state index is -1.41. The number of halogens is 3. The second-order valence-electron chi connectivity index (χ2n) is 8.44. The molecule has 1 aromatic heterocycles. The van der Waals surface area contributed by atoms with Gasteiger partial charge in [-0.25, -0.2) is 8.78 Å². The Kier molecular flexibility index (Phi) is 7.75. The molecular weight excluding hydrogens is 460 g/mol. The predicted molar refractivity (Wildman–Crippen MR) is 127 cm³/mol. The van der Waals surface area contributed by atoms with Crippen molar-refractivity contribution in [2.75, 3.05) is 19.6 Å². The molecule has 178 valence electrons. The van der Waals surface area contributed by atoms with Gasteiger partial charge >= 0.3 is 0 Å². The summed E-state index contributed by atoms with van der Waals surface area (Å²) in [6.45, 7) is 1.65. The number of nitrogens with zero attached hydrogens (tertiary/aromatic N) is 2. The van der Waals surface area contributed by atoms with Gasteiger partial charge in [-0.05, 0) is 35.9 Å². The molecule has 1 aliphatic heterocycles. The first-order chi connectivity index (χ1) is 16.4. The molecule has 0 radical (unpaired) electrons. The summed E-state index contributed by atoms with van der Waals surface area (Å²) in [6.07, 6.45) is 2.11. The SMILES string of the molecule is O=C(c1ccc(F)c(Cl)c1)N1CCC(F)(CNCc2ccc(OCc3ccccc3)cn2)CC1. The Hall–Kier alpha value is -3.03. The molecule has 5 nitrogen and oxygen atoms in total. The van der Waals surface area contributed by atoms with Gasteiger partial charge in [0.15, 0.2) is 0 Å². The van der Waals surface area contributed by atoms with Crippen LogP contribution in [-0.4, -0.2) is 41.1 Å². The van der Waals surface area contributed by atoms with E-state index in [1.165, 1.54) is 18.2 Å². The number of rotatable bonds is 8. The van der Waals surface area contributed by atoms with Gasteiger partial charge in [0.25, 0.3) is 5.91 Å². The molecule has 2 aromatic carbocycles. The second-order valence-corrected chi connectivity index (χ2v) is 8.84. The molecule has 8 heteroatoms. The first kappa shape index (κ1) is 24.1. The molecule has 34 heavy (non-hydrogen) atoms. The van der Waals surface area contributed by atoms with Gasteiger partial charge in [-0.3, -0.25) is 9.78 Å². The number of piperidine rings is 1. The number of carbonyl (C=O) groups excluding carboxylic acids is 1. The Balaban J connectivity index is 1.20. The van der Waals surface area contributed by atoms with Crippen molar-refractivity contribution in [2.24, 2.45) is 0 Å². The third kappa shape index (κ3) is 6.30. The van der Waals surface area contributed by atoms with Crippen molar-refractivity contribution in [1.29, 1.82) is 0 Å². The minimum Gasteiger partial charge on any atom is -0.487 e. The average molecular weight is 486 g/mol. The Morgan fingerprint density at radius 1 is 1.12 bits per heavy atom. The highest BCUT2D eigenvalue weighted by atomic mass is 35.5. The highest BCUT2D eigenvalue weighted by molar-refractivity contribution is 6.31. The molecule has 4 rings (SSSR count). The molecule has 1 aliphatic rings. The van der Waals surface area contributed by atoms with Crippen molar-refractivity contribution in [2.45, 2.75) is 31.7 Å². The quantitative estimate of drug-likeness (QED) is 0.477. The molecule has 1 fully saturated rings. The summed E-state index contributed by atoms with van der Waals surface area (Å²) in [4.78, 5) is 18.6. The van der Waals surface area contributed by atoms with Crippen LogP contribution in [0.4, 0.5) is 8.78 Å². The molecule has 0 unspecified atom stereocenters. The topological polar surface area (TPSA) is 54.5 Å². The predicted octanol–water partition coefficient (Wildman–Crippen LogP) is 5.19. The summed E-state index contributed by atoms with van der Waals surface area (Å²) >= 11 is 5.77. The van der Waals surface area contributed by atoms with E-state index < -0.39 is 11.5 Å². The van der Waals surface area contributed by atoms with E-state index in [4.69, 9.17) is 16.3 Å². The lowest BCUT2D eigenvalue weighted by Crippen LogP contribution is -2.48. The van der Waals surface area contributed by atoms with E-state index in [-0.39, 0.29) is 43.4 Å². The molecule has 0 bridgehead atoms. The van der Waals surface area contributed by atoms with Crippen molar-refractivity contribution in [3.05, 3.63) is 94.5 Å². The summed E-state index contributed by atoms with van der Waals surface area (Å²) in [7, 11) is 0. The van der Waals surface area contributed by atoms with Crippen LogP contribution in [0, 0.1) is 5.82 Å². The maximum atomic E-state index is 15.2. The number of ether oxygens (including phenoxy) is 1. The molecule has 1 amide bonds. The number of alkyl halides is 1. The molecule has 0 atom stereocenters. The lowest BCUT2D eigenvalue weighted by Gasteiger charge is -2.36. The molecule has 0 saturated carbocycles. The van der Waals surface area contributed by atoms with Crippen molar-refractivity contribution >= 4 is 17.5 Å². The Morgan fingerprint density at radius 2 is 1.88 bits per heavy atom. The largest absolute Gasteiger partial charge is 0.487 e. The maximum Gasteiger partial charge on any atom is 0.253 e. The monoisotopic (exact) mass is 485 g/mol. The van der Waals surface area contributed by atoms with Crippen LogP contribution in [0.1, 0.15) is 34.5 Å². The highest BCUT2D eigenvalue weighted by Crippen LogP contribution is 2.27. The third-order valence-corrected chi connectivity index (χ3v) is 6.20. The van der Waals surface area contributed by atoms with Crippen molar-refractivity contribution < 1.29 is 18.3 Å². The number of likely N-dealkylation sites (tertiary alicyclic amines) is 1. The van der Waals surface area contributed by atoms with Crippen LogP contribution in [0.3, 0.4) is 0 Å². The van der Waals surface area contributed by atoms with Crippen LogP contribution < -0.4 is 10.1 Å². The fraction of sp³-hybridized carbons (Fsp3) is 0.308. The van der Waals surface area contributed by atoms with E-state index in [1.54, 1.807) is 11.1 Å². The first-order valence-electron chi connectivity index (χ1n) is 11.2. The molecule has 3 aromatic rings. The lowest BCUT2D eigenvalue weighted by molar-refractivity contribution is 0.0434. The van der Waals surface area contributed by atoms with E-state index >= 15 is 4.39 Å². The summed E-state index contributed by atoms with van der Waals surface area (Å²) in [5.74, 6) is -0.167. The van der Waals surface area contributed by atoms with Gasteiger partial charge in [0.2, 0.25) is 0 Å². The van der Waals surface area contributed by atoms with Gasteiger partial charge in [-0.1, -0.05) is 41.9 Å². The number of carbonyl (C=O) groups is 1. The van der Waals surface area contributed by atoms with Gasteiger partial charge < -0.3 is 15.0 Å². The number of pyridine rings is 1. The van der Waals surface area contributed by atoms with Crippen LogP contribution in [0.25, 0.3) is 0 Å². The van der Waals surface area contributed by atoms with Gasteiger partial charge in [-0.2, -0.15) is 0 Å². The zero-order valence-electron chi connectivity index (χ0n) is 18.6. The number of amides is 1. The average Bonchev–Trinajstić information content (AvgIpc) is 2.86. The number of hydrogen-bond donors (Lipinski definition) is 1. The van der Waals surface area contributed by atoms with Crippen molar-refractivity contribution in [3.63, 3.8) is 0 Å². The number of benzene rings is 2. The van der Waals surface area contributed by atoms with E-state index in [2.05, 4.69) is 10.3 Å². The Labute approximate surface area is 202 Å². The van der Waals surface area contributed by atoms with Gasteiger partial charge in [0, 0.05) is 44.6 Å². The molecular formula is C26H26ClF2N3O2.